The Morgan fingerprint density at radius 1 is 1.21 bits per heavy atom. The molecule has 19 heavy (non-hydrogen) atoms. The lowest BCUT2D eigenvalue weighted by molar-refractivity contribution is 0.0924. The molecule has 100 valence electrons. The van der Waals surface area contributed by atoms with Crippen LogP contribution in [0.25, 0.3) is 0 Å². The first-order chi connectivity index (χ1) is 9.09. The Balaban J connectivity index is 2.19. The number of benzene rings is 1. The maximum Gasteiger partial charge on any atom is 0.255 e. The average Bonchev–Trinajstić information content (AvgIpc) is 2.89. The summed E-state index contributed by atoms with van der Waals surface area (Å²) in [4.78, 5) is 13.3. The Hall–Kier alpha value is -1.81. The van der Waals surface area contributed by atoms with Crippen LogP contribution in [0.4, 0.5) is 0 Å². The first kappa shape index (κ1) is 13.6. The van der Waals surface area contributed by atoms with E-state index >= 15 is 0 Å². The van der Waals surface area contributed by atoms with Crippen molar-refractivity contribution >= 4 is 17.2 Å². The SMILES string of the molecule is CC(C)C(NC(=O)c1ccccc1O)c1cccs1. The van der Waals surface area contributed by atoms with Crippen LogP contribution in [0.1, 0.15) is 35.1 Å². The zero-order valence-corrected chi connectivity index (χ0v) is 11.8. The van der Waals surface area contributed by atoms with Gasteiger partial charge in [0.15, 0.2) is 0 Å². The molecule has 0 saturated carbocycles. The molecule has 2 N–H and O–H groups in total. The maximum atomic E-state index is 12.2. The lowest BCUT2D eigenvalue weighted by Gasteiger charge is -2.21. The Labute approximate surface area is 116 Å². The van der Waals surface area contributed by atoms with Gasteiger partial charge in [0.1, 0.15) is 5.75 Å². The molecule has 3 nitrogen and oxygen atoms in total. The zero-order chi connectivity index (χ0) is 13.8. The first-order valence-corrected chi connectivity index (χ1v) is 7.10. The van der Waals surface area contributed by atoms with Crippen molar-refractivity contribution in [1.29, 1.82) is 0 Å². The number of hydrogen-bond acceptors (Lipinski definition) is 3. The van der Waals surface area contributed by atoms with Gasteiger partial charge in [0.25, 0.3) is 5.91 Å². The van der Waals surface area contributed by atoms with Gasteiger partial charge in [0, 0.05) is 4.88 Å². The van der Waals surface area contributed by atoms with E-state index in [0.29, 0.717) is 5.56 Å². The molecule has 0 aliphatic rings. The predicted molar refractivity (Wildman–Crippen MR) is 77.5 cm³/mol. The zero-order valence-electron chi connectivity index (χ0n) is 11.0. The third-order valence-corrected chi connectivity index (χ3v) is 3.91. The van der Waals surface area contributed by atoms with Crippen molar-refractivity contribution in [3.8, 4) is 5.75 Å². The summed E-state index contributed by atoms with van der Waals surface area (Å²) < 4.78 is 0. The predicted octanol–water partition coefficient (Wildman–Crippen LogP) is 3.58. The molecule has 1 unspecified atom stereocenters. The minimum Gasteiger partial charge on any atom is -0.507 e. The monoisotopic (exact) mass is 275 g/mol. The van der Waals surface area contributed by atoms with E-state index in [1.165, 1.54) is 6.07 Å². The highest BCUT2D eigenvalue weighted by atomic mass is 32.1. The number of para-hydroxylation sites is 1. The van der Waals surface area contributed by atoms with Crippen LogP contribution < -0.4 is 5.32 Å². The fourth-order valence-corrected chi connectivity index (χ4v) is 2.87. The highest BCUT2D eigenvalue weighted by Crippen LogP contribution is 2.27. The molecular weight excluding hydrogens is 258 g/mol. The molecule has 0 saturated heterocycles. The summed E-state index contributed by atoms with van der Waals surface area (Å²) in [6.45, 7) is 4.13. The molecule has 0 spiro atoms. The van der Waals surface area contributed by atoms with Crippen molar-refractivity contribution in [2.45, 2.75) is 19.9 Å². The minimum atomic E-state index is -0.245. The maximum absolute atomic E-state index is 12.2. The summed E-state index contributed by atoms with van der Waals surface area (Å²) in [7, 11) is 0. The van der Waals surface area contributed by atoms with E-state index in [-0.39, 0.29) is 23.6 Å². The van der Waals surface area contributed by atoms with Crippen molar-refractivity contribution in [3.63, 3.8) is 0 Å². The topological polar surface area (TPSA) is 49.3 Å². The Morgan fingerprint density at radius 2 is 1.95 bits per heavy atom. The van der Waals surface area contributed by atoms with E-state index in [9.17, 15) is 9.90 Å². The van der Waals surface area contributed by atoms with Crippen LogP contribution in [0, 0.1) is 5.92 Å². The number of amides is 1. The second-order valence-corrected chi connectivity index (χ2v) is 5.71. The summed E-state index contributed by atoms with van der Waals surface area (Å²) in [6, 6.07) is 10.5. The van der Waals surface area contributed by atoms with E-state index in [0.717, 1.165) is 4.88 Å². The van der Waals surface area contributed by atoms with Crippen LogP contribution in [0.5, 0.6) is 5.75 Å². The molecule has 1 atom stereocenters. The van der Waals surface area contributed by atoms with E-state index in [1.54, 1.807) is 29.5 Å². The number of thiophene rings is 1. The molecule has 2 rings (SSSR count). The molecule has 0 aliphatic heterocycles. The second kappa shape index (κ2) is 5.89. The smallest absolute Gasteiger partial charge is 0.255 e. The van der Waals surface area contributed by atoms with Crippen molar-refractivity contribution in [1.82, 2.24) is 5.32 Å². The van der Waals surface area contributed by atoms with Crippen LogP contribution in [-0.2, 0) is 0 Å². The summed E-state index contributed by atoms with van der Waals surface area (Å²) in [5, 5.41) is 14.7. The molecule has 0 aliphatic carbocycles. The normalized spacial score (nSPS) is 12.4. The molecule has 0 bridgehead atoms. The third kappa shape index (κ3) is 3.15. The van der Waals surface area contributed by atoms with E-state index in [4.69, 9.17) is 0 Å². The Morgan fingerprint density at radius 3 is 2.53 bits per heavy atom. The van der Waals surface area contributed by atoms with Gasteiger partial charge >= 0.3 is 0 Å². The number of phenolic OH excluding ortho intramolecular Hbond substituents is 1. The van der Waals surface area contributed by atoms with E-state index in [1.807, 2.05) is 17.5 Å². The molecule has 1 aromatic carbocycles. The molecular formula is C15H17NO2S. The number of rotatable bonds is 4. The Bertz CT molecular complexity index is 549. The van der Waals surface area contributed by atoms with Crippen LogP contribution in [0.2, 0.25) is 0 Å². The average molecular weight is 275 g/mol. The highest BCUT2D eigenvalue weighted by molar-refractivity contribution is 7.10. The summed E-state index contributed by atoms with van der Waals surface area (Å²) >= 11 is 1.62. The van der Waals surface area contributed by atoms with E-state index in [2.05, 4.69) is 19.2 Å². The standard InChI is InChI=1S/C15H17NO2S/c1-10(2)14(13-8-5-9-19-13)16-15(18)11-6-3-4-7-12(11)17/h3-10,14,17H,1-2H3,(H,16,18). The fraction of sp³-hybridized carbons (Fsp3) is 0.267. The van der Waals surface area contributed by atoms with Crippen LogP contribution in [0.3, 0.4) is 0 Å². The van der Waals surface area contributed by atoms with Gasteiger partial charge < -0.3 is 10.4 Å². The van der Waals surface area contributed by atoms with Gasteiger partial charge in [0.05, 0.1) is 11.6 Å². The minimum absolute atomic E-state index is 0.00804. The Kier molecular flexibility index (Phi) is 4.22. The molecule has 2 aromatic rings. The molecule has 4 heteroatoms. The van der Waals surface area contributed by atoms with Gasteiger partial charge in [-0.3, -0.25) is 4.79 Å². The molecule has 1 heterocycles. The van der Waals surface area contributed by atoms with Crippen LogP contribution >= 0.6 is 11.3 Å². The van der Waals surface area contributed by atoms with Crippen LogP contribution in [-0.4, -0.2) is 11.0 Å². The molecule has 1 aromatic heterocycles. The lowest BCUT2D eigenvalue weighted by Crippen LogP contribution is -2.31. The number of nitrogens with one attached hydrogen (secondary N) is 1. The highest BCUT2D eigenvalue weighted by Gasteiger charge is 2.21. The summed E-state index contributed by atoms with van der Waals surface area (Å²) in [5.74, 6) is 0.0485. The quantitative estimate of drug-likeness (QED) is 0.896. The van der Waals surface area contributed by atoms with Crippen molar-refractivity contribution < 1.29 is 9.90 Å². The number of carbonyl (C=O) groups excluding carboxylic acids is 1. The lowest BCUT2D eigenvalue weighted by atomic mass is 10.0. The van der Waals surface area contributed by atoms with Gasteiger partial charge in [-0.2, -0.15) is 0 Å². The van der Waals surface area contributed by atoms with Crippen molar-refractivity contribution in [3.05, 3.63) is 52.2 Å². The first-order valence-electron chi connectivity index (χ1n) is 6.22. The molecule has 0 fully saturated rings. The second-order valence-electron chi connectivity index (χ2n) is 4.73. The number of hydrogen-bond donors (Lipinski definition) is 2. The van der Waals surface area contributed by atoms with Gasteiger partial charge in [-0.05, 0) is 29.5 Å². The third-order valence-electron chi connectivity index (χ3n) is 2.95. The van der Waals surface area contributed by atoms with Gasteiger partial charge in [0.2, 0.25) is 0 Å². The van der Waals surface area contributed by atoms with Crippen molar-refractivity contribution in [2.24, 2.45) is 5.92 Å². The van der Waals surface area contributed by atoms with Gasteiger partial charge in [-0.15, -0.1) is 11.3 Å². The molecule has 1 amide bonds. The van der Waals surface area contributed by atoms with Gasteiger partial charge in [-0.1, -0.05) is 32.0 Å². The largest absolute Gasteiger partial charge is 0.507 e. The number of aromatic hydroxyl groups is 1. The van der Waals surface area contributed by atoms with E-state index < -0.39 is 0 Å². The fourth-order valence-electron chi connectivity index (χ4n) is 1.92. The van der Waals surface area contributed by atoms with Crippen LogP contribution in [0.15, 0.2) is 41.8 Å². The van der Waals surface area contributed by atoms with Crippen molar-refractivity contribution in [2.75, 3.05) is 0 Å². The summed E-state index contributed by atoms with van der Waals surface area (Å²) in [5.41, 5.74) is 0.310. The van der Waals surface area contributed by atoms with Gasteiger partial charge in [-0.25, -0.2) is 0 Å². The molecule has 0 radical (unpaired) electrons. The summed E-state index contributed by atoms with van der Waals surface area (Å²) in [6.07, 6.45) is 0. The number of phenols is 1. The number of carbonyl (C=O) groups is 1.